The van der Waals surface area contributed by atoms with Crippen molar-refractivity contribution in [3.63, 3.8) is 0 Å². The number of amides is 1. The molecule has 122 valence electrons. The number of sulfonamides is 1. The maximum absolute atomic E-state index is 13.1. The molecule has 2 N–H and O–H groups in total. The molecule has 0 unspecified atom stereocenters. The highest BCUT2D eigenvalue weighted by atomic mass is 32.2. The van der Waals surface area contributed by atoms with E-state index in [2.05, 4.69) is 10.0 Å². The summed E-state index contributed by atoms with van der Waals surface area (Å²) in [6.45, 7) is 0. The fraction of sp³-hybridized carbons (Fsp3) is 0.133. The molecule has 0 radical (unpaired) electrons. The Hall–Kier alpha value is -2.61. The molecule has 2 aromatic rings. The minimum absolute atomic E-state index is 0.169. The van der Waals surface area contributed by atoms with Gasteiger partial charge in [-0.2, -0.15) is 0 Å². The van der Waals surface area contributed by atoms with E-state index in [-0.39, 0.29) is 17.0 Å². The summed E-state index contributed by atoms with van der Waals surface area (Å²) in [5.74, 6) is -0.759. The van der Waals surface area contributed by atoms with Crippen LogP contribution in [0, 0.1) is 5.82 Å². The van der Waals surface area contributed by atoms with Crippen LogP contribution in [0.3, 0.4) is 0 Å². The van der Waals surface area contributed by atoms with Gasteiger partial charge < -0.3 is 10.1 Å². The molecule has 0 aliphatic heterocycles. The van der Waals surface area contributed by atoms with Crippen molar-refractivity contribution in [3.8, 4) is 5.75 Å². The van der Waals surface area contributed by atoms with Gasteiger partial charge in [0, 0.05) is 17.3 Å². The van der Waals surface area contributed by atoms with Gasteiger partial charge in [0.25, 0.3) is 5.91 Å². The molecular weight excluding hydrogens is 323 g/mol. The Morgan fingerprint density at radius 3 is 2.52 bits per heavy atom. The highest BCUT2D eigenvalue weighted by Gasteiger charge is 2.11. The second-order valence-corrected chi connectivity index (χ2v) is 6.50. The van der Waals surface area contributed by atoms with Gasteiger partial charge in [0.2, 0.25) is 10.0 Å². The van der Waals surface area contributed by atoms with Gasteiger partial charge >= 0.3 is 0 Å². The predicted octanol–water partition coefficient (Wildman–Crippen LogP) is 2.46. The second kappa shape index (κ2) is 6.66. The van der Waals surface area contributed by atoms with Gasteiger partial charge in [0.1, 0.15) is 11.6 Å². The van der Waals surface area contributed by atoms with Crippen LogP contribution in [0.4, 0.5) is 15.8 Å². The van der Waals surface area contributed by atoms with Gasteiger partial charge in [0.15, 0.2) is 0 Å². The largest absolute Gasteiger partial charge is 0.494 e. The van der Waals surface area contributed by atoms with Crippen molar-refractivity contribution in [2.75, 3.05) is 23.4 Å². The van der Waals surface area contributed by atoms with Crippen molar-refractivity contribution in [2.45, 2.75) is 0 Å². The predicted molar refractivity (Wildman–Crippen MR) is 85.8 cm³/mol. The summed E-state index contributed by atoms with van der Waals surface area (Å²) in [4.78, 5) is 12.0. The molecule has 1 amide bonds. The van der Waals surface area contributed by atoms with Crippen molar-refractivity contribution < 1.29 is 22.3 Å². The molecule has 0 aliphatic rings. The first-order valence-electron chi connectivity index (χ1n) is 6.51. The van der Waals surface area contributed by atoms with E-state index < -0.39 is 21.7 Å². The Labute approximate surface area is 133 Å². The van der Waals surface area contributed by atoms with Crippen LogP contribution in [0.15, 0.2) is 42.5 Å². The molecule has 23 heavy (non-hydrogen) atoms. The number of rotatable bonds is 5. The summed E-state index contributed by atoms with van der Waals surface area (Å²) in [6, 6.07) is 9.70. The molecule has 0 heterocycles. The zero-order valence-electron chi connectivity index (χ0n) is 12.5. The molecule has 6 nitrogen and oxygen atoms in total. The third-order valence-corrected chi connectivity index (χ3v) is 3.43. The van der Waals surface area contributed by atoms with E-state index in [1.807, 2.05) is 0 Å². The maximum atomic E-state index is 13.1. The fourth-order valence-corrected chi connectivity index (χ4v) is 2.45. The molecule has 0 aliphatic carbocycles. The number of hydrogen-bond acceptors (Lipinski definition) is 4. The third-order valence-electron chi connectivity index (χ3n) is 2.84. The van der Waals surface area contributed by atoms with Crippen LogP contribution in [0.2, 0.25) is 0 Å². The third kappa shape index (κ3) is 4.68. The van der Waals surface area contributed by atoms with Crippen LogP contribution in [0.25, 0.3) is 0 Å². The van der Waals surface area contributed by atoms with Crippen molar-refractivity contribution in [1.82, 2.24) is 0 Å². The molecule has 0 aromatic heterocycles. The van der Waals surface area contributed by atoms with Crippen LogP contribution in [-0.2, 0) is 10.0 Å². The second-order valence-electron chi connectivity index (χ2n) is 4.75. The molecule has 0 atom stereocenters. The van der Waals surface area contributed by atoms with Crippen LogP contribution in [0.5, 0.6) is 5.75 Å². The quantitative estimate of drug-likeness (QED) is 0.877. The number of carbonyl (C=O) groups is 1. The van der Waals surface area contributed by atoms with Crippen LogP contribution in [0.1, 0.15) is 10.4 Å². The SMILES string of the molecule is COc1cc(NC(=O)c2cccc(F)c2)ccc1NS(C)(=O)=O. The minimum atomic E-state index is -3.45. The fourth-order valence-electron chi connectivity index (χ4n) is 1.89. The first-order chi connectivity index (χ1) is 10.8. The lowest BCUT2D eigenvalue weighted by molar-refractivity contribution is 0.102. The molecule has 0 spiro atoms. The Morgan fingerprint density at radius 1 is 1.17 bits per heavy atom. The number of hydrogen-bond donors (Lipinski definition) is 2. The molecule has 0 bridgehead atoms. The zero-order chi connectivity index (χ0) is 17.0. The highest BCUT2D eigenvalue weighted by molar-refractivity contribution is 7.92. The van der Waals surface area contributed by atoms with Crippen molar-refractivity contribution in [2.24, 2.45) is 0 Å². The number of anilines is 2. The molecule has 8 heteroatoms. The highest BCUT2D eigenvalue weighted by Crippen LogP contribution is 2.28. The molecule has 2 aromatic carbocycles. The summed E-state index contributed by atoms with van der Waals surface area (Å²) in [6.07, 6.45) is 1.02. The average Bonchev–Trinajstić information content (AvgIpc) is 2.47. The lowest BCUT2D eigenvalue weighted by Crippen LogP contribution is -2.13. The zero-order valence-corrected chi connectivity index (χ0v) is 13.3. The Kier molecular flexibility index (Phi) is 4.85. The van der Waals surface area contributed by atoms with Gasteiger partial charge in [0.05, 0.1) is 19.1 Å². The van der Waals surface area contributed by atoms with Gasteiger partial charge in [-0.3, -0.25) is 9.52 Å². The molecular formula is C15H15FN2O4S. The molecule has 2 rings (SSSR count). The number of ether oxygens (including phenoxy) is 1. The smallest absolute Gasteiger partial charge is 0.255 e. The monoisotopic (exact) mass is 338 g/mol. The van der Waals surface area contributed by atoms with E-state index in [1.54, 1.807) is 0 Å². The Balaban J connectivity index is 2.22. The van der Waals surface area contributed by atoms with Crippen molar-refractivity contribution >= 4 is 27.3 Å². The Morgan fingerprint density at radius 2 is 1.91 bits per heavy atom. The van der Waals surface area contributed by atoms with Crippen molar-refractivity contribution in [1.29, 1.82) is 0 Å². The summed E-state index contributed by atoms with van der Waals surface area (Å²) in [5, 5.41) is 2.59. The average molecular weight is 338 g/mol. The minimum Gasteiger partial charge on any atom is -0.494 e. The topological polar surface area (TPSA) is 84.5 Å². The summed E-state index contributed by atoms with van der Waals surface area (Å²) >= 11 is 0. The first kappa shape index (κ1) is 16.8. The lowest BCUT2D eigenvalue weighted by atomic mass is 10.2. The van der Waals surface area contributed by atoms with Gasteiger partial charge in [-0.25, -0.2) is 12.8 Å². The van der Waals surface area contributed by atoms with E-state index in [9.17, 15) is 17.6 Å². The molecule has 0 saturated heterocycles. The van der Waals surface area contributed by atoms with Crippen LogP contribution >= 0.6 is 0 Å². The number of benzene rings is 2. The number of nitrogens with one attached hydrogen (secondary N) is 2. The summed E-state index contributed by atoms with van der Waals surface area (Å²) in [7, 11) is -2.08. The molecule has 0 saturated carbocycles. The van der Waals surface area contributed by atoms with E-state index in [0.29, 0.717) is 5.69 Å². The summed E-state index contributed by atoms with van der Waals surface area (Å²) < 4.78 is 43.1. The normalized spacial score (nSPS) is 10.9. The van der Waals surface area contributed by atoms with E-state index in [4.69, 9.17) is 4.74 Å². The van der Waals surface area contributed by atoms with Gasteiger partial charge in [-0.15, -0.1) is 0 Å². The lowest BCUT2D eigenvalue weighted by Gasteiger charge is -2.12. The van der Waals surface area contributed by atoms with Gasteiger partial charge in [-0.1, -0.05) is 6.07 Å². The van der Waals surface area contributed by atoms with E-state index in [0.717, 1.165) is 12.3 Å². The Bertz CT molecular complexity index is 837. The number of methoxy groups -OCH3 is 1. The number of carbonyl (C=O) groups excluding carboxylic acids is 1. The maximum Gasteiger partial charge on any atom is 0.255 e. The first-order valence-corrected chi connectivity index (χ1v) is 8.40. The van der Waals surface area contributed by atoms with Crippen molar-refractivity contribution in [3.05, 3.63) is 53.8 Å². The standard InChI is InChI=1S/C15H15FN2O4S/c1-22-14-9-12(6-7-13(14)18-23(2,20)21)17-15(19)10-4-3-5-11(16)8-10/h3-9,18H,1-2H3,(H,17,19). The molecule has 0 fully saturated rings. The van der Waals surface area contributed by atoms with Crippen LogP contribution < -0.4 is 14.8 Å². The van der Waals surface area contributed by atoms with Crippen LogP contribution in [-0.4, -0.2) is 27.7 Å². The summed E-state index contributed by atoms with van der Waals surface area (Å²) in [5.41, 5.74) is 0.802. The van der Waals surface area contributed by atoms with E-state index in [1.165, 1.54) is 43.5 Å². The van der Waals surface area contributed by atoms with Gasteiger partial charge in [-0.05, 0) is 30.3 Å². The van der Waals surface area contributed by atoms with E-state index >= 15 is 0 Å². The number of halogens is 1.